The molecule has 0 fully saturated rings. The second-order valence-corrected chi connectivity index (χ2v) is 4.73. The van der Waals surface area contributed by atoms with Gasteiger partial charge in [-0.05, 0) is 24.1 Å². The SMILES string of the molecule is N#Cc1cnn(-c2ccc(C=CCCBr)cc2)c1N. The van der Waals surface area contributed by atoms with E-state index in [1.54, 1.807) is 4.68 Å². The number of rotatable bonds is 4. The van der Waals surface area contributed by atoms with Gasteiger partial charge in [0.1, 0.15) is 17.5 Å². The largest absolute Gasteiger partial charge is 0.382 e. The Kier molecular flexibility index (Phi) is 4.37. The maximum Gasteiger partial charge on any atom is 0.145 e. The highest BCUT2D eigenvalue weighted by Crippen LogP contribution is 2.17. The standard InChI is InChI=1S/C14H13BrN4/c15-8-2-1-3-11-4-6-13(7-5-11)19-14(17)12(9-16)10-18-19/h1,3-7,10H,2,8,17H2. The first-order valence-corrected chi connectivity index (χ1v) is 6.95. The number of halogens is 1. The van der Waals surface area contributed by atoms with Crippen LogP contribution in [-0.2, 0) is 0 Å². The molecule has 0 unspecified atom stereocenters. The number of hydrogen-bond acceptors (Lipinski definition) is 3. The van der Waals surface area contributed by atoms with Crippen LogP contribution in [0.5, 0.6) is 0 Å². The number of anilines is 1. The molecular weight excluding hydrogens is 304 g/mol. The van der Waals surface area contributed by atoms with Gasteiger partial charge < -0.3 is 5.73 Å². The first kappa shape index (κ1) is 13.4. The van der Waals surface area contributed by atoms with Crippen molar-refractivity contribution in [2.24, 2.45) is 0 Å². The molecule has 0 amide bonds. The molecule has 0 aliphatic rings. The summed E-state index contributed by atoms with van der Waals surface area (Å²) < 4.78 is 1.56. The second-order valence-electron chi connectivity index (χ2n) is 3.94. The van der Waals surface area contributed by atoms with Crippen LogP contribution in [0, 0.1) is 11.3 Å². The molecule has 5 heteroatoms. The van der Waals surface area contributed by atoms with Crippen molar-refractivity contribution >= 4 is 27.8 Å². The van der Waals surface area contributed by atoms with Crippen molar-refractivity contribution in [3.05, 3.63) is 47.7 Å². The van der Waals surface area contributed by atoms with Gasteiger partial charge in [0.2, 0.25) is 0 Å². The summed E-state index contributed by atoms with van der Waals surface area (Å²) >= 11 is 3.38. The van der Waals surface area contributed by atoms with E-state index in [1.807, 2.05) is 30.3 Å². The predicted octanol–water partition coefficient (Wildman–Crippen LogP) is 3.12. The molecule has 0 radical (unpaired) electrons. The number of nitrogens with zero attached hydrogens (tertiary/aromatic N) is 3. The van der Waals surface area contributed by atoms with Gasteiger partial charge in [0.25, 0.3) is 0 Å². The maximum atomic E-state index is 8.85. The van der Waals surface area contributed by atoms with Gasteiger partial charge in [-0.2, -0.15) is 10.4 Å². The summed E-state index contributed by atoms with van der Waals surface area (Å²) in [7, 11) is 0. The molecule has 0 aliphatic heterocycles. The van der Waals surface area contributed by atoms with Crippen molar-refractivity contribution in [3.63, 3.8) is 0 Å². The Morgan fingerprint density at radius 3 is 2.68 bits per heavy atom. The average Bonchev–Trinajstić information content (AvgIpc) is 2.81. The molecule has 1 aromatic carbocycles. The molecule has 0 bridgehead atoms. The Labute approximate surface area is 120 Å². The first-order valence-electron chi connectivity index (χ1n) is 5.83. The van der Waals surface area contributed by atoms with Crippen molar-refractivity contribution in [1.82, 2.24) is 9.78 Å². The van der Waals surface area contributed by atoms with E-state index in [9.17, 15) is 0 Å². The third-order valence-corrected chi connectivity index (χ3v) is 3.11. The highest BCUT2D eigenvalue weighted by Gasteiger charge is 2.07. The van der Waals surface area contributed by atoms with E-state index in [1.165, 1.54) is 6.20 Å². The molecule has 19 heavy (non-hydrogen) atoms. The highest BCUT2D eigenvalue weighted by molar-refractivity contribution is 9.09. The molecule has 0 aliphatic carbocycles. The van der Waals surface area contributed by atoms with Gasteiger partial charge in [-0.15, -0.1) is 0 Å². The lowest BCUT2D eigenvalue weighted by atomic mass is 10.2. The zero-order chi connectivity index (χ0) is 13.7. The molecule has 2 N–H and O–H groups in total. The quantitative estimate of drug-likeness (QED) is 0.881. The topological polar surface area (TPSA) is 67.6 Å². The average molecular weight is 317 g/mol. The van der Waals surface area contributed by atoms with E-state index in [0.717, 1.165) is 23.0 Å². The zero-order valence-corrected chi connectivity index (χ0v) is 11.8. The predicted molar refractivity (Wildman–Crippen MR) is 80.1 cm³/mol. The fourth-order valence-electron chi connectivity index (χ4n) is 1.66. The first-order chi connectivity index (χ1) is 9.26. The van der Waals surface area contributed by atoms with Gasteiger partial charge in [-0.3, -0.25) is 0 Å². The van der Waals surface area contributed by atoms with Crippen molar-refractivity contribution in [2.45, 2.75) is 6.42 Å². The summed E-state index contributed by atoms with van der Waals surface area (Å²) in [5.74, 6) is 0.366. The number of aromatic nitrogens is 2. The molecule has 1 aromatic heterocycles. The molecular formula is C14H13BrN4. The highest BCUT2D eigenvalue weighted by atomic mass is 79.9. The molecule has 0 saturated heterocycles. The van der Waals surface area contributed by atoms with Crippen LogP contribution in [0.3, 0.4) is 0 Å². The van der Waals surface area contributed by atoms with Gasteiger partial charge in [0.05, 0.1) is 11.9 Å². The fraction of sp³-hybridized carbons (Fsp3) is 0.143. The molecule has 4 nitrogen and oxygen atoms in total. The van der Waals surface area contributed by atoms with Gasteiger partial charge >= 0.3 is 0 Å². The fourth-order valence-corrected chi connectivity index (χ4v) is 1.92. The van der Waals surface area contributed by atoms with Gasteiger partial charge in [-0.1, -0.05) is 40.2 Å². The number of allylic oxidation sites excluding steroid dienone is 1. The second kappa shape index (κ2) is 6.21. The molecule has 1 heterocycles. The summed E-state index contributed by atoms with van der Waals surface area (Å²) in [5.41, 5.74) is 8.20. The zero-order valence-electron chi connectivity index (χ0n) is 10.3. The summed E-state index contributed by atoms with van der Waals surface area (Å²) in [6.07, 6.45) is 6.65. The van der Waals surface area contributed by atoms with Crippen LogP contribution < -0.4 is 5.73 Å². The van der Waals surface area contributed by atoms with Crippen LogP contribution in [-0.4, -0.2) is 15.1 Å². The number of alkyl halides is 1. The minimum atomic E-state index is 0.366. The monoisotopic (exact) mass is 316 g/mol. The van der Waals surface area contributed by atoms with Gasteiger partial charge in [-0.25, -0.2) is 4.68 Å². The van der Waals surface area contributed by atoms with Crippen molar-refractivity contribution in [3.8, 4) is 11.8 Å². The Hall–Kier alpha value is -2.06. The number of nitrogens with two attached hydrogens (primary N) is 1. The number of nitrogen functional groups attached to an aromatic ring is 1. The van der Waals surface area contributed by atoms with Crippen molar-refractivity contribution < 1.29 is 0 Å². The van der Waals surface area contributed by atoms with Crippen LogP contribution in [0.25, 0.3) is 11.8 Å². The lowest BCUT2D eigenvalue weighted by Crippen LogP contribution is -2.02. The van der Waals surface area contributed by atoms with Crippen LogP contribution in [0.15, 0.2) is 36.5 Å². The van der Waals surface area contributed by atoms with Crippen molar-refractivity contribution in [2.75, 3.05) is 11.1 Å². The van der Waals surface area contributed by atoms with Crippen LogP contribution in [0.2, 0.25) is 0 Å². The van der Waals surface area contributed by atoms with Crippen LogP contribution in [0.1, 0.15) is 17.5 Å². The maximum absolute atomic E-state index is 8.85. The van der Waals surface area contributed by atoms with E-state index in [2.05, 4.69) is 33.2 Å². The summed E-state index contributed by atoms with van der Waals surface area (Å²) in [5, 5.41) is 13.9. The van der Waals surface area contributed by atoms with Crippen LogP contribution in [0.4, 0.5) is 5.82 Å². The molecule has 0 saturated carbocycles. The number of hydrogen-bond donors (Lipinski definition) is 1. The Morgan fingerprint density at radius 1 is 1.37 bits per heavy atom. The Morgan fingerprint density at radius 2 is 2.11 bits per heavy atom. The van der Waals surface area contributed by atoms with E-state index in [-0.39, 0.29) is 0 Å². The number of nitriles is 1. The summed E-state index contributed by atoms with van der Waals surface area (Å²) in [6.45, 7) is 0. The normalized spacial score (nSPS) is 10.7. The lowest BCUT2D eigenvalue weighted by molar-refractivity contribution is 0.891. The Bertz CT molecular complexity index is 620. The van der Waals surface area contributed by atoms with Gasteiger partial charge in [0.15, 0.2) is 0 Å². The summed E-state index contributed by atoms with van der Waals surface area (Å²) in [6, 6.07) is 9.85. The number of benzene rings is 1. The van der Waals surface area contributed by atoms with Gasteiger partial charge in [0, 0.05) is 5.33 Å². The smallest absolute Gasteiger partial charge is 0.145 e. The molecule has 2 rings (SSSR count). The molecule has 2 aromatic rings. The minimum absolute atomic E-state index is 0.366. The van der Waals surface area contributed by atoms with E-state index >= 15 is 0 Å². The summed E-state index contributed by atoms with van der Waals surface area (Å²) in [4.78, 5) is 0. The van der Waals surface area contributed by atoms with Crippen molar-refractivity contribution in [1.29, 1.82) is 5.26 Å². The molecule has 96 valence electrons. The third-order valence-electron chi connectivity index (χ3n) is 2.65. The minimum Gasteiger partial charge on any atom is -0.382 e. The third kappa shape index (κ3) is 3.04. The van der Waals surface area contributed by atoms with Crippen LogP contribution >= 0.6 is 15.9 Å². The Balaban J connectivity index is 2.23. The lowest BCUT2D eigenvalue weighted by Gasteiger charge is -2.04. The van der Waals surface area contributed by atoms with E-state index in [4.69, 9.17) is 11.0 Å². The van der Waals surface area contributed by atoms with E-state index < -0.39 is 0 Å². The molecule has 0 spiro atoms. The molecule has 0 atom stereocenters. The van der Waals surface area contributed by atoms with E-state index in [0.29, 0.717) is 11.4 Å².